The molecule has 0 aliphatic rings. The molecule has 180 valence electrons. The fraction of sp³-hybridized carbons (Fsp3) is 0.667. The molecule has 2 unspecified atom stereocenters. The van der Waals surface area contributed by atoms with Gasteiger partial charge in [-0.15, -0.1) is 0 Å². The number of alkyl carbamates (subject to hydrolysis) is 1. The summed E-state index contributed by atoms with van der Waals surface area (Å²) in [6.07, 6.45) is 0.468. The van der Waals surface area contributed by atoms with Crippen LogP contribution < -0.4 is 21.5 Å². The molecule has 0 saturated heterocycles. The lowest BCUT2D eigenvalue weighted by atomic mass is 9.80. The van der Waals surface area contributed by atoms with Crippen molar-refractivity contribution in [1.29, 1.82) is 0 Å². The molecule has 11 nitrogen and oxygen atoms in total. The van der Waals surface area contributed by atoms with Crippen molar-refractivity contribution in [1.82, 2.24) is 20.6 Å². The predicted molar refractivity (Wildman–Crippen MR) is 119 cm³/mol. The number of aryl methyl sites for hydroxylation is 1. The molecule has 0 aromatic carbocycles. The fourth-order valence-electron chi connectivity index (χ4n) is 3.24. The number of hydrogen-bond donors (Lipinski definition) is 4. The van der Waals surface area contributed by atoms with E-state index in [9.17, 15) is 19.2 Å². The van der Waals surface area contributed by atoms with Crippen molar-refractivity contribution in [3.8, 4) is 0 Å². The normalized spacial score (nSPS) is 12.9. The molecule has 1 heterocycles. The number of aromatic amines is 1. The van der Waals surface area contributed by atoms with Crippen LogP contribution in [0.1, 0.15) is 53.2 Å². The highest BCUT2D eigenvalue weighted by atomic mass is 16.6. The third kappa shape index (κ3) is 11.9. The summed E-state index contributed by atoms with van der Waals surface area (Å²) in [5.41, 5.74) is 0.0917. The second-order valence-corrected chi connectivity index (χ2v) is 8.74. The number of carbonyl (C=O) groups excluding carboxylic acids is 3. The summed E-state index contributed by atoms with van der Waals surface area (Å²) < 4.78 is 9.91. The monoisotopic (exact) mass is 453 g/mol. The van der Waals surface area contributed by atoms with Gasteiger partial charge in [-0.2, -0.15) is 0 Å². The minimum Gasteiger partial charge on any atom is -0.459 e. The Morgan fingerprint density at radius 2 is 1.91 bits per heavy atom. The van der Waals surface area contributed by atoms with Crippen LogP contribution in [0.3, 0.4) is 0 Å². The van der Waals surface area contributed by atoms with Crippen LogP contribution in [0.5, 0.6) is 0 Å². The third-order valence-electron chi connectivity index (χ3n) is 4.50. The van der Waals surface area contributed by atoms with Gasteiger partial charge in [-0.25, -0.2) is 14.6 Å². The van der Waals surface area contributed by atoms with E-state index in [0.29, 0.717) is 25.2 Å². The average Bonchev–Trinajstić information content (AvgIpc) is 2.63. The standard InChI is InChI=1S/C21H35N5O6/c1-13(11-23-19(29)26-18-24-14(2)9-17(28)25-18)10-21(5,6)7-8-22-20(30)31-12-15(3)32-16(4)27/h9,13,15H,7-8,10-12H2,1-6H3,(H,22,30)(H3,23,24,25,26,28,29). The van der Waals surface area contributed by atoms with Crippen LogP contribution >= 0.6 is 0 Å². The van der Waals surface area contributed by atoms with Gasteiger partial charge in [-0.3, -0.25) is 19.9 Å². The lowest BCUT2D eigenvalue weighted by Gasteiger charge is -2.28. The molecular formula is C21H35N5O6. The van der Waals surface area contributed by atoms with E-state index in [1.54, 1.807) is 13.8 Å². The average molecular weight is 454 g/mol. The molecule has 11 heteroatoms. The zero-order valence-electron chi connectivity index (χ0n) is 19.7. The maximum atomic E-state index is 12.0. The van der Waals surface area contributed by atoms with E-state index in [1.807, 2.05) is 6.92 Å². The smallest absolute Gasteiger partial charge is 0.407 e. The minimum absolute atomic E-state index is 0.00840. The van der Waals surface area contributed by atoms with E-state index in [4.69, 9.17) is 9.47 Å². The van der Waals surface area contributed by atoms with E-state index >= 15 is 0 Å². The van der Waals surface area contributed by atoms with Crippen molar-refractivity contribution in [2.45, 2.75) is 60.5 Å². The number of anilines is 1. The number of nitrogens with one attached hydrogen (secondary N) is 4. The summed E-state index contributed by atoms with van der Waals surface area (Å²) in [5, 5.41) is 7.97. The van der Waals surface area contributed by atoms with Gasteiger partial charge >= 0.3 is 18.1 Å². The lowest BCUT2D eigenvalue weighted by Crippen LogP contribution is -2.35. The van der Waals surface area contributed by atoms with Crippen LogP contribution in [-0.2, 0) is 14.3 Å². The Balaban J connectivity index is 2.30. The number of nitrogens with zero attached hydrogens (tertiary/aromatic N) is 1. The third-order valence-corrected chi connectivity index (χ3v) is 4.50. The number of amides is 3. The van der Waals surface area contributed by atoms with Crippen molar-refractivity contribution >= 4 is 24.0 Å². The lowest BCUT2D eigenvalue weighted by molar-refractivity contribution is -0.147. The highest BCUT2D eigenvalue weighted by Gasteiger charge is 2.22. The van der Waals surface area contributed by atoms with Gasteiger partial charge in [-0.1, -0.05) is 20.8 Å². The Hall–Kier alpha value is -3.11. The van der Waals surface area contributed by atoms with E-state index in [0.717, 1.165) is 6.42 Å². The van der Waals surface area contributed by atoms with Crippen LogP contribution in [-0.4, -0.2) is 53.9 Å². The number of esters is 1. The van der Waals surface area contributed by atoms with Gasteiger partial charge in [0, 0.05) is 31.8 Å². The van der Waals surface area contributed by atoms with E-state index in [-0.39, 0.29) is 29.4 Å². The number of carbonyl (C=O) groups is 3. The second-order valence-electron chi connectivity index (χ2n) is 8.74. The first-order valence-corrected chi connectivity index (χ1v) is 10.6. The summed E-state index contributed by atoms with van der Waals surface area (Å²) in [4.78, 5) is 52.6. The molecule has 32 heavy (non-hydrogen) atoms. The Bertz CT molecular complexity index is 838. The molecule has 0 spiro atoms. The maximum absolute atomic E-state index is 12.0. The summed E-state index contributed by atoms with van der Waals surface area (Å²) in [5.74, 6) is -0.149. The summed E-state index contributed by atoms with van der Waals surface area (Å²) in [6, 6.07) is 0.890. The topological polar surface area (TPSA) is 152 Å². The number of H-pyrrole nitrogens is 1. The zero-order valence-corrected chi connectivity index (χ0v) is 19.7. The highest BCUT2D eigenvalue weighted by Crippen LogP contribution is 2.28. The Kier molecular flexibility index (Phi) is 10.7. The molecule has 0 radical (unpaired) electrons. The molecule has 3 amide bonds. The molecule has 0 saturated carbocycles. The van der Waals surface area contributed by atoms with Gasteiger partial charge in [0.2, 0.25) is 5.95 Å². The first kappa shape index (κ1) is 26.9. The molecule has 0 aliphatic heterocycles. The molecule has 4 N–H and O–H groups in total. The predicted octanol–water partition coefficient (Wildman–Crippen LogP) is 2.32. The van der Waals surface area contributed by atoms with Gasteiger partial charge < -0.3 is 20.1 Å². The van der Waals surface area contributed by atoms with Gasteiger partial charge in [0.15, 0.2) is 0 Å². The summed E-state index contributed by atoms with van der Waals surface area (Å²) >= 11 is 0. The van der Waals surface area contributed by atoms with Crippen LogP contribution in [0.4, 0.5) is 15.5 Å². The first-order chi connectivity index (χ1) is 14.9. The maximum Gasteiger partial charge on any atom is 0.407 e. The van der Waals surface area contributed by atoms with E-state index in [2.05, 4.69) is 39.8 Å². The number of urea groups is 1. The van der Waals surface area contributed by atoms with Crippen molar-refractivity contribution in [2.24, 2.45) is 11.3 Å². The van der Waals surface area contributed by atoms with Crippen LogP contribution in [0.2, 0.25) is 0 Å². The van der Waals surface area contributed by atoms with Crippen LogP contribution in [0.25, 0.3) is 0 Å². The number of hydrogen-bond acceptors (Lipinski definition) is 7. The number of rotatable bonds is 11. The Morgan fingerprint density at radius 1 is 1.22 bits per heavy atom. The fourth-order valence-corrected chi connectivity index (χ4v) is 3.24. The molecule has 2 atom stereocenters. The SMILES string of the molecule is CC(=O)OC(C)COC(=O)NCCC(C)(C)CC(C)CNC(=O)Nc1nc(C)cc(=O)[nH]1. The van der Waals surface area contributed by atoms with Crippen molar-refractivity contribution in [3.63, 3.8) is 0 Å². The molecule has 1 rings (SSSR count). The van der Waals surface area contributed by atoms with E-state index < -0.39 is 24.2 Å². The Labute approximate surface area is 188 Å². The van der Waals surface area contributed by atoms with Gasteiger partial charge in [-0.05, 0) is 38.0 Å². The molecular weight excluding hydrogens is 418 g/mol. The van der Waals surface area contributed by atoms with Gasteiger partial charge in [0.1, 0.15) is 12.7 Å². The molecule has 0 bridgehead atoms. The largest absolute Gasteiger partial charge is 0.459 e. The summed E-state index contributed by atoms with van der Waals surface area (Å²) in [6.45, 7) is 11.7. The van der Waals surface area contributed by atoms with E-state index in [1.165, 1.54) is 13.0 Å². The van der Waals surface area contributed by atoms with Crippen molar-refractivity contribution in [3.05, 3.63) is 22.1 Å². The molecule has 0 fully saturated rings. The van der Waals surface area contributed by atoms with Gasteiger partial charge in [0.25, 0.3) is 5.56 Å². The van der Waals surface area contributed by atoms with Crippen LogP contribution in [0.15, 0.2) is 10.9 Å². The van der Waals surface area contributed by atoms with Crippen LogP contribution in [0, 0.1) is 18.3 Å². The molecule has 1 aromatic heterocycles. The zero-order chi connectivity index (χ0) is 24.3. The Morgan fingerprint density at radius 3 is 2.53 bits per heavy atom. The van der Waals surface area contributed by atoms with Crippen molar-refractivity contribution in [2.75, 3.05) is 25.0 Å². The summed E-state index contributed by atoms with van der Waals surface area (Å²) in [7, 11) is 0. The second kappa shape index (κ2) is 12.7. The highest BCUT2D eigenvalue weighted by molar-refractivity contribution is 5.87. The quantitative estimate of drug-likeness (QED) is 0.375. The number of ether oxygens (including phenoxy) is 2. The van der Waals surface area contributed by atoms with Crippen molar-refractivity contribution < 1.29 is 23.9 Å². The minimum atomic E-state index is -0.561. The number of aromatic nitrogens is 2. The van der Waals surface area contributed by atoms with Gasteiger partial charge in [0.05, 0.1) is 0 Å². The first-order valence-electron chi connectivity index (χ1n) is 10.6. The molecule has 0 aliphatic carbocycles. The molecule has 1 aromatic rings.